The highest BCUT2D eigenvalue weighted by atomic mass is 15.0. The second-order valence-electron chi connectivity index (χ2n) is 12.4. The van der Waals surface area contributed by atoms with Gasteiger partial charge in [-0.3, -0.25) is 0 Å². The van der Waals surface area contributed by atoms with Gasteiger partial charge in [-0.25, -0.2) is 15.0 Å². The van der Waals surface area contributed by atoms with Crippen LogP contribution in [0.5, 0.6) is 0 Å². The third-order valence-electron chi connectivity index (χ3n) is 9.65. The summed E-state index contributed by atoms with van der Waals surface area (Å²) >= 11 is 0. The standard InChI is InChI=1S/C45H32N4/c1-4-15-32(16-5-1)42-47-43(33-28-26-31(27-29-33)40-25-12-13-30-46-40)49-44(48-42)37-22-14-24-39-41(37)36-21-10-11-23-38(36)45(39,34-17-6-2-7-18-34)35-19-8-3-9-20-35/h1-29,46H,30H2. The molecule has 4 heteroatoms. The molecule has 1 aliphatic heterocycles. The van der Waals surface area contributed by atoms with Crippen molar-refractivity contribution in [3.63, 3.8) is 0 Å². The molecule has 1 N–H and O–H groups in total. The number of nitrogens with zero attached hydrogens (tertiary/aromatic N) is 3. The lowest BCUT2D eigenvalue weighted by molar-refractivity contribution is 0.768. The maximum Gasteiger partial charge on any atom is 0.164 e. The third kappa shape index (κ3) is 4.80. The van der Waals surface area contributed by atoms with Crippen molar-refractivity contribution in [2.45, 2.75) is 5.41 Å². The van der Waals surface area contributed by atoms with Crippen LogP contribution < -0.4 is 5.32 Å². The lowest BCUT2D eigenvalue weighted by Crippen LogP contribution is -2.28. The maximum atomic E-state index is 5.22. The molecular formula is C45H32N4. The molecule has 7 aromatic rings. The Morgan fingerprint density at radius 2 is 0.980 bits per heavy atom. The lowest BCUT2D eigenvalue weighted by atomic mass is 9.67. The zero-order chi connectivity index (χ0) is 32.6. The second-order valence-corrected chi connectivity index (χ2v) is 12.4. The first-order valence-corrected chi connectivity index (χ1v) is 16.7. The van der Waals surface area contributed by atoms with Crippen LogP contribution in [0.2, 0.25) is 0 Å². The first-order chi connectivity index (χ1) is 24.3. The zero-order valence-electron chi connectivity index (χ0n) is 26.8. The molecule has 6 aromatic carbocycles. The van der Waals surface area contributed by atoms with Crippen LogP contribution in [0.15, 0.2) is 176 Å². The molecule has 0 spiro atoms. The van der Waals surface area contributed by atoms with Gasteiger partial charge < -0.3 is 5.32 Å². The summed E-state index contributed by atoms with van der Waals surface area (Å²) in [4.78, 5) is 15.4. The summed E-state index contributed by atoms with van der Waals surface area (Å²) in [6.07, 6.45) is 6.30. The summed E-state index contributed by atoms with van der Waals surface area (Å²) in [5.74, 6) is 1.94. The molecule has 1 aromatic heterocycles. The molecule has 2 aliphatic rings. The van der Waals surface area contributed by atoms with Gasteiger partial charge >= 0.3 is 0 Å². The molecule has 0 radical (unpaired) electrons. The van der Waals surface area contributed by atoms with Crippen molar-refractivity contribution in [2.24, 2.45) is 0 Å². The molecule has 2 heterocycles. The fourth-order valence-corrected chi connectivity index (χ4v) is 7.48. The first-order valence-electron chi connectivity index (χ1n) is 16.7. The Kier molecular flexibility index (Phi) is 7.06. The van der Waals surface area contributed by atoms with Crippen molar-refractivity contribution in [2.75, 3.05) is 6.54 Å². The summed E-state index contributed by atoms with van der Waals surface area (Å²) in [7, 11) is 0. The largest absolute Gasteiger partial charge is 0.381 e. The Balaban J connectivity index is 1.28. The maximum absolute atomic E-state index is 5.22. The number of nitrogens with one attached hydrogen (secondary N) is 1. The number of fused-ring (bicyclic) bond motifs is 3. The topological polar surface area (TPSA) is 50.7 Å². The molecule has 0 unspecified atom stereocenters. The quantitative estimate of drug-likeness (QED) is 0.199. The fourth-order valence-electron chi connectivity index (χ4n) is 7.48. The van der Waals surface area contributed by atoms with Gasteiger partial charge in [-0.15, -0.1) is 0 Å². The molecular weight excluding hydrogens is 597 g/mol. The summed E-state index contributed by atoms with van der Waals surface area (Å²) in [5.41, 5.74) is 11.9. The van der Waals surface area contributed by atoms with E-state index in [2.05, 4.69) is 163 Å². The highest BCUT2D eigenvalue weighted by Crippen LogP contribution is 2.58. The van der Waals surface area contributed by atoms with Gasteiger partial charge in [0, 0.05) is 28.9 Å². The van der Waals surface area contributed by atoms with E-state index < -0.39 is 5.41 Å². The van der Waals surface area contributed by atoms with Crippen molar-refractivity contribution in [1.82, 2.24) is 20.3 Å². The summed E-state index contributed by atoms with van der Waals surface area (Å²) in [6, 6.07) is 55.8. The van der Waals surface area contributed by atoms with Crippen LogP contribution in [0.25, 0.3) is 51.0 Å². The molecule has 0 amide bonds. The van der Waals surface area contributed by atoms with E-state index in [4.69, 9.17) is 15.0 Å². The van der Waals surface area contributed by atoms with Gasteiger partial charge in [0.05, 0.1) is 5.41 Å². The number of benzene rings is 6. The zero-order valence-corrected chi connectivity index (χ0v) is 26.8. The summed E-state index contributed by atoms with van der Waals surface area (Å²) in [5, 5.41) is 3.45. The highest BCUT2D eigenvalue weighted by Gasteiger charge is 2.46. The molecule has 0 bridgehead atoms. The SMILES string of the molecule is C1=CCNC(c2ccc(-c3nc(-c4ccccc4)nc(-c4cccc5c4-c4ccccc4C5(c4ccccc4)c4ccccc4)n3)cc2)=C1. The normalized spacial score (nSPS) is 14.0. The Morgan fingerprint density at radius 3 is 1.63 bits per heavy atom. The average Bonchev–Trinajstić information content (AvgIpc) is 3.50. The first kappa shape index (κ1) is 28.8. The Hall–Kier alpha value is -6.39. The van der Waals surface area contributed by atoms with Gasteiger partial charge in [-0.05, 0) is 45.0 Å². The van der Waals surface area contributed by atoms with Crippen LogP contribution in [0.1, 0.15) is 27.8 Å². The van der Waals surface area contributed by atoms with E-state index in [-0.39, 0.29) is 0 Å². The molecule has 0 atom stereocenters. The van der Waals surface area contributed by atoms with Gasteiger partial charge in [0.25, 0.3) is 0 Å². The Morgan fingerprint density at radius 1 is 0.449 bits per heavy atom. The lowest BCUT2D eigenvalue weighted by Gasteiger charge is -2.33. The van der Waals surface area contributed by atoms with Crippen molar-refractivity contribution in [3.05, 3.63) is 204 Å². The van der Waals surface area contributed by atoms with Gasteiger partial charge in [-0.1, -0.05) is 170 Å². The van der Waals surface area contributed by atoms with Gasteiger partial charge in [0.1, 0.15) is 0 Å². The van der Waals surface area contributed by atoms with E-state index in [0.29, 0.717) is 17.5 Å². The van der Waals surface area contributed by atoms with E-state index in [1.807, 2.05) is 18.2 Å². The monoisotopic (exact) mass is 628 g/mol. The van der Waals surface area contributed by atoms with Crippen molar-refractivity contribution >= 4 is 5.70 Å². The van der Waals surface area contributed by atoms with E-state index >= 15 is 0 Å². The minimum atomic E-state index is -0.505. The van der Waals surface area contributed by atoms with E-state index in [9.17, 15) is 0 Å². The minimum absolute atomic E-state index is 0.505. The molecule has 232 valence electrons. The smallest absolute Gasteiger partial charge is 0.164 e. The van der Waals surface area contributed by atoms with Crippen LogP contribution in [-0.2, 0) is 5.41 Å². The minimum Gasteiger partial charge on any atom is -0.381 e. The Bertz CT molecular complexity index is 2320. The van der Waals surface area contributed by atoms with Crippen LogP contribution in [-0.4, -0.2) is 21.5 Å². The number of rotatable bonds is 6. The van der Waals surface area contributed by atoms with E-state index in [1.54, 1.807) is 0 Å². The van der Waals surface area contributed by atoms with Crippen LogP contribution in [0.3, 0.4) is 0 Å². The highest BCUT2D eigenvalue weighted by molar-refractivity contribution is 5.94. The third-order valence-corrected chi connectivity index (χ3v) is 9.65. The van der Waals surface area contributed by atoms with Gasteiger partial charge in [0.2, 0.25) is 0 Å². The molecule has 0 saturated carbocycles. The summed E-state index contributed by atoms with van der Waals surface area (Å²) < 4.78 is 0. The fraction of sp³-hybridized carbons (Fsp3) is 0.0444. The molecule has 0 saturated heterocycles. The number of dihydropyridines is 1. The summed E-state index contributed by atoms with van der Waals surface area (Å²) in [6.45, 7) is 0.825. The van der Waals surface area contributed by atoms with Crippen molar-refractivity contribution < 1.29 is 0 Å². The molecule has 1 aliphatic carbocycles. The predicted octanol–water partition coefficient (Wildman–Crippen LogP) is 9.74. The van der Waals surface area contributed by atoms with Crippen LogP contribution in [0.4, 0.5) is 0 Å². The second kappa shape index (κ2) is 12.0. The van der Waals surface area contributed by atoms with Crippen LogP contribution in [0, 0.1) is 0 Å². The number of hydrogen-bond donors (Lipinski definition) is 1. The number of allylic oxidation sites excluding steroid dienone is 2. The van der Waals surface area contributed by atoms with Crippen molar-refractivity contribution in [1.29, 1.82) is 0 Å². The van der Waals surface area contributed by atoms with E-state index in [1.165, 1.54) is 27.8 Å². The van der Waals surface area contributed by atoms with Crippen molar-refractivity contribution in [3.8, 4) is 45.3 Å². The predicted molar refractivity (Wildman–Crippen MR) is 199 cm³/mol. The molecule has 4 nitrogen and oxygen atoms in total. The molecule has 0 fully saturated rings. The molecule has 9 rings (SSSR count). The van der Waals surface area contributed by atoms with Gasteiger partial charge in [-0.2, -0.15) is 0 Å². The average molecular weight is 629 g/mol. The Labute approximate surface area is 286 Å². The number of hydrogen-bond acceptors (Lipinski definition) is 4. The molecule has 49 heavy (non-hydrogen) atoms. The van der Waals surface area contributed by atoms with Gasteiger partial charge in [0.15, 0.2) is 17.5 Å². The number of aromatic nitrogens is 3. The van der Waals surface area contributed by atoms with Crippen LogP contribution >= 0.6 is 0 Å². The van der Waals surface area contributed by atoms with E-state index in [0.717, 1.165) is 40.1 Å².